The molecule has 2 fully saturated rings. The molecule has 2 rings (SSSR count). The standard InChI is InChI=1S/C8H13BO2/c1-3-8(2)5-4-10-6(5)7(9)11-8/h5-7H,3-4H2,1-2H3/t5?,6?,7?,8-/m0/s1. The minimum absolute atomic E-state index is 0.0255. The summed E-state index contributed by atoms with van der Waals surface area (Å²) < 4.78 is 11.0. The van der Waals surface area contributed by atoms with Crippen LogP contribution in [0.15, 0.2) is 0 Å². The molecule has 4 atom stereocenters. The first kappa shape index (κ1) is 7.62. The van der Waals surface area contributed by atoms with E-state index in [1.807, 2.05) is 0 Å². The van der Waals surface area contributed by atoms with E-state index >= 15 is 0 Å². The van der Waals surface area contributed by atoms with Crippen LogP contribution in [0.3, 0.4) is 0 Å². The van der Waals surface area contributed by atoms with E-state index in [0.717, 1.165) is 13.0 Å². The predicted octanol–water partition coefficient (Wildman–Crippen LogP) is 0.695. The van der Waals surface area contributed by atoms with E-state index in [4.69, 9.17) is 17.3 Å². The summed E-state index contributed by atoms with van der Waals surface area (Å²) in [6.45, 7) is 5.08. The highest BCUT2D eigenvalue weighted by Crippen LogP contribution is 2.44. The second-order valence-electron chi connectivity index (χ2n) is 3.65. The van der Waals surface area contributed by atoms with Crippen LogP contribution in [0.1, 0.15) is 20.3 Å². The van der Waals surface area contributed by atoms with Crippen molar-refractivity contribution in [3.63, 3.8) is 0 Å². The van der Waals surface area contributed by atoms with Gasteiger partial charge in [0.05, 0.1) is 18.3 Å². The highest BCUT2D eigenvalue weighted by molar-refractivity contribution is 6.11. The van der Waals surface area contributed by atoms with Crippen molar-refractivity contribution in [2.75, 3.05) is 6.61 Å². The minimum Gasteiger partial charge on any atom is -0.379 e. The Hall–Kier alpha value is -0.0151. The molecule has 2 aliphatic rings. The fraction of sp³-hybridized carbons (Fsp3) is 1.00. The Kier molecular flexibility index (Phi) is 1.55. The van der Waals surface area contributed by atoms with Crippen LogP contribution < -0.4 is 0 Å². The van der Waals surface area contributed by atoms with Gasteiger partial charge in [-0.25, -0.2) is 0 Å². The maximum atomic E-state index is 5.72. The van der Waals surface area contributed by atoms with Gasteiger partial charge in [0, 0.05) is 11.9 Å². The Morgan fingerprint density at radius 2 is 2.36 bits per heavy atom. The second kappa shape index (κ2) is 2.24. The molecule has 2 nitrogen and oxygen atoms in total. The molecule has 0 aromatic rings. The normalized spacial score (nSPS) is 55.3. The number of hydrogen-bond acceptors (Lipinski definition) is 2. The Labute approximate surface area is 68.7 Å². The highest BCUT2D eigenvalue weighted by Gasteiger charge is 2.54. The molecule has 2 saturated heterocycles. The van der Waals surface area contributed by atoms with E-state index in [1.54, 1.807) is 0 Å². The first-order valence-electron chi connectivity index (χ1n) is 4.22. The molecular formula is C8H13BO2. The molecule has 60 valence electrons. The van der Waals surface area contributed by atoms with Crippen LogP contribution >= 0.6 is 0 Å². The molecule has 0 aliphatic carbocycles. The summed E-state index contributed by atoms with van der Waals surface area (Å²) in [6.07, 6.45) is 1.19. The van der Waals surface area contributed by atoms with Crippen LogP contribution in [0.4, 0.5) is 0 Å². The van der Waals surface area contributed by atoms with Crippen molar-refractivity contribution in [3.05, 3.63) is 0 Å². The quantitative estimate of drug-likeness (QED) is 0.514. The Morgan fingerprint density at radius 3 is 2.64 bits per heavy atom. The zero-order valence-corrected chi connectivity index (χ0v) is 7.04. The van der Waals surface area contributed by atoms with Gasteiger partial charge in [0.15, 0.2) is 0 Å². The van der Waals surface area contributed by atoms with Gasteiger partial charge in [0.2, 0.25) is 0 Å². The smallest absolute Gasteiger partial charge is 0.112 e. The van der Waals surface area contributed by atoms with Crippen LogP contribution in [0.25, 0.3) is 0 Å². The fourth-order valence-electron chi connectivity index (χ4n) is 1.96. The lowest BCUT2D eigenvalue weighted by molar-refractivity contribution is -0.115. The summed E-state index contributed by atoms with van der Waals surface area (Å²) >= 11 is 0. The van der Waals surface area contributed by atoms with Gasteiger partial charge in [-0.15, -0.1) is 0 Å². The van der Waals surface area contributed by atoms with Crippen molar-refractivity contribution in [3.8, 4) is 0 Å². The molecule has 0 aromatic carbocycles. The van der Waals surface area contributed by atoms with Gasteiger partial charge in [-0.3, -0.25) is 0 Å². The molecule has 2 aliphatic heterocycles. The Bertz CT molecular complexity index is 173. The van der Waals surface area contributed by atoms with Crippen molar-refractivity contribution in [1.29, 1.82) is 0 Å². The third-order valence-corrected chi connectivity index (χ3v) is 3.08. The molecule has 0 N–H and O–H groups in total. The Balaban J connectivity index is 2.15. The topological polar surface area (TPSA) is 18.5 Å². The lowest BCUT2D eigenvalue weighted by Crippen LogP contribution is -2.48. The molecule has 0 bridgehead atoms. The van der Waals surface area contributed by atoms with Gasteiger partial charge in [-0.05, 0) is 13.3 Å². The summed E-state index contributed by atoms with van der Waals surface area (Å²) in [6, 6.07) is -0.196. The number of fused-ring (bicyclic) bond motifs is 1. The van der Waals surface area contributed by atoms with Gasteiger partial charge in [-0.2, -0.15) is 0 Å². The highest BCUT2D eigenvalue weighted by atomic mass is 16.6. The van der Waals surface area contributed by atoms with Gasteiger partial charge in [-0.1, -0.05) is 6.92 Å². The average Bonchev–Trinajstić information content (AvgIpc) is 1.98. The zero-order valence-electron chi connectivity index (χ0n) is 7.04. The summed E-state index contributed by atoms with van der Waals surface area (Å²) in [5.41, 5.74) is -0.0255. The average molecular weight is 152 g/mol. The molecule has 3 heteroatoms. The molecule has 0 aromatic heterocycles. The van der Waals surface area contributed by atoms with Gasteiger partial charge < -0.3 is 9.47 Å². The van der Waals surface area contributed by atoms with E-state index in [9.17, 15) is 0 Å². The van der Waals surface area contributed by atoms with E-state index in [1.165, 1.54) is 0 Å². The Morgan fingerprint density at radius 1 is 1.64 bits per heavy atom. The van der Waals surface area contributed by atoms with Crippen molar-refractivity contribution >= 4 is 7.85 Å². The van der Waals surface area contributed by atoms with Crippen LogP contribution in [0.2, 0.25) is 0 Å². The SMILES string of the molecule is [B]C1O[C@@](C)(CC)C2COC12. The van der Waals surface area contributed by atoms with Crippen LogP contribution in [0, 0.1) is 5.92 Å². The first-order valence-corrected chi connectivity index (χ1v) is 4.22. The van der Waals surface area contributed by atoms with E-state index in [-0.39, 0.29) is 17.7 Å². The fourth-order valence-corrected chi connectivity index (χ4v) is 1.96. The van der Waals surface area contributed by atoms with Crippen LogP contribution in [-0.2, 0) is 9.47 Å². The zero-order chi connectivity index (χ0) is 8.06. The maximum absolute atomic E-state index is 5.72. The van der Waals surface area contributed by atoms with Crippen molar-refractivity contribution in [2.45, 2.75) is 38.0 Å². The first-order chi connectivity index (χ1) is 5.17. The minimum atomic E-state index is -0.196. The third kappa shape index (κ3) is 0.874. The molecule has 0 amide bonds. The molecule has 0 saturated carbocycles. The largest absolute Gasteiger partial charge is 0.379 e. The molecule has 2 heterocycles. The maximum Gasteiger partial charge on any atom is 0.112 e. The van der Waals surface area contributed by atoms with Crippen LogP contribution in [-0.4, -0.2) is 32.2 Å². The van der Waals surface area contributed by atoms with E-state index in [0.29, 0.717) is 5.92 Å². The summed E-state index contributed by atoms with van der Waals surface area (Å²) in [5, 5.41) is 0. The number of ether oxygens (including phenoxy) is 2. The predicted molar refractivity (Wildman–Crippen MR) is 42.6 cm³/mol. The summed E-state index contributed by atoms with van der Waals surface area (Å²) in [7, 11) is 5.72. The van der Waals surface area contributed by atoms with Crippen molar-refractivity contribution in [1.82, 2.24) is 0 Å². The molecule has 0 spiro atoms. The van der Waals surface area contributed by atoms with Gasteiger partial charge in [0.1, 0.15) is 7.85 Å². The third-order valence-electron chi connectivity index (χ3n) is 3.08. The lowest BCUT2D eigenvalue weighted by atomic mass is 9.78. The summed E-state index contributed by atoms with van der Waals surface area (Å²) in [4.78, 5) is 0. The van der Waals surface area contributed by atoms with Crippen LogP contribution in [0.5, 0.6) is 0 Å². The number of hydrogen-bond donors (Lipinski definition) is 0. The molecule has 3 unspecified atom stereocenters. The molecule has 11 heavy (non-hydrogen) atoms. The lowest BCUT2D eigenvalue weighted by Gasteiger charge is -2.38. The monoisotopic (exact) mass is 152 g/mol. The van der Waals surface area contributed by atoms with E-state index < -0.39 is 0 Å². The molecule has 2 radical (unpaired) electrons. The van der Waals surface area contributed by atoms with Gasteiger partial charge in [0.25, 0.3) is 0 Å². The van der Waals surface area contributed by atoms with Gasteiger partial charge >= 0.3 is 0 Å². The summed E-state index contributed by atoms with van der Waals surface area (Å²) in [5.74, 6) is 0.530. The number of rotatable bonds is 1. The second-order valence-corrected chi connectivity index (χ2v) is 3.65. The van der Waals surface area contributed by atoms with Crippen molar-refractivity contribution in [2.24, 2.45) is 5.92 Å². The molecular weight excluding hydrogens is 139 g/mol. The van der Waals surface area contributed by atoms with Crippen molar-refractivity contribution < 1.29 is 9.47 Å². The van der Waals surface area contributed by atoms with E-state index in [2.05, 4.69) is 13.8 Å².